The summed E-state index contributed by atoms with van der Waals surface area (Å²) < 4.78 is 0. The van der Waals surface area contributed by atoms with E-state index in [-0.39, 0.29) is 17.6 Å². The lowest BCUT2D eigenvalue weighted by Gasteiger charge is -2.10. The molecule has 0 unspecified atom stereocenters. The van der Waals surface area contributed by atoms with Crippen LogP contribution in [-0.2, 0) is 4.79 Å². The van der Waals surface area contributed by atoms with Crippen LogP contribution in [0.25, 0.3) is 0 Å². The number of carbonyl (C=O) groups excluding carboxylic acids is 2. The molecular weight excluding hydrogens is 240 g/mol. The second-order valence-electron chi connectivity index (χ2n) is 4.14. The summed E-state index contributed by atoms with van der Waals surface area (Å²) in [5.74, 6) is 0.0461. The Bertz CT molecular complexity index is 470. The van der Waals surface area contributed by atoms with Crippen LogP contribution < -0.4 is 10.9 Å². The maximum absolute atomic E-state index is 11.4. The molecule has 1 aromatic rings. The van der Waals surface area contributed by atoms with Gasteiger partial charge in [0.1, 0.15) is 0 Å². The number of nitrogens with one attached hydrogen (secondary N) is 2. The second-order valence-corrected chi connectivity index (χ2v) is 4.55. The zero-order valence-electron chi connectivity index (χ0n) is 9.42. The normalized spacial score (nSPS) is 14.2. The fourth-order valence-electron chi connectivity index (χ4n) is 1.42. The minimum Gasteiger partial charge on any atom is -0.297 e. The van der Waals surface area contributed by atoms with Crippen LogP contribution in [0.4, 0.5) is 5.69 Å². The van der Waals surface area contributed by atoms with Crippen molar-refractivity contribution in [2.75, 3.05) is 5.43 Å². The van der Waals surface area contributed by atoms with Crippen LogP contribution in [0, 0.1) is 5.92 Å². The summed E-state index contributed by atoms with van der Waals surface area (Å²) in [5.41, 5.74) is 6.42. The molecule has 4 nitrogen and oxygen atoms in total. The average Bonchev–Trinajstić information content (AvgIpc) is 3.11. The Hall–Kier alpha value is -1.55. The number of amides is 1. The van der Waals surface area contributed by atoms with E-state index in [1.165, 1.54) is 6.92 Å². The summed E-state index contributed by atoms with van der Waals surface area (Å²) in [6.07, 6.45) is 1.88. The van der Waals surface area contributed by atoms with E-state index >= 15 is 0 Å². The first-order valence-corrected chi connectivity index (χ1v) is 5.82. The van der Waals surface area contributed by atoms with Gasteiger partial charge >= 0.3 is 0 Å². The molecule has 0 heterocycles. The third-order valence-electron chi connectivity index (χ3n) is 2.64. The number of hydrogen-bond acceptors (Lipinski definition) is 3. The number of rotatable bonds is 4. The zero-order chi connectivity index (χ0) is 12.4. The zero-order valence-corrected chi connectivity index (χ0v) is 10.2. The van der Waals surface area contributed by atoms with Gasteiger partial charge in [0.15, 0.2) is 5.78 Å². The summed E-state index contributed by atoms with van der Waals surface area (Å²) in [6, 6.07) is 4.90. The molecule has 5 heteroatoms. The molecule has 1 aromatic carbocycles. The monoisotopic (exact) mass is 252 g/mol. The highest BCUT2D eigenvalue weighted by atomic mass is 35.5. The van der Waals surface area contributed by atoms with E-state index in [0.29, 0.717) is 16.3 Å². The minimum atomic E-state index is -0.0433. The standard InChI is InChI=1S/C12H13ClN2O2/c1-7(16)9-4-5-10(13)11(6-9)14-15-12(17)8-2-3-8/h4-6,8,14H,2-3H2,1H3,(H,15,17). The molecule has 0 aromatic heterocycles. The number of Topliss-reactive ketones (excluding diaryl/α,β-unsaturated/α-hetero) is 1. The van der Waals surface area contributed by atoms with Crippen molar-refractivity contribution in [3.05, 3.63) is 28.8 Å². The van der Waals surface area contributed by atoms with Crippen molar-refractivity contribution in [2.45, 2.75) is 19.8 Å². The maximum atomic E-state index is 11.4. The number of hydrogen-bond donors (Lipinski definition) is 2. The molecule has 2 N–H and O–H groups in total. The first-order chi connectivity index (χ1) is 8.08. The number of hydrazine groups is 1. The quantitative estimate of drug-likeness (QED) is 0.639. The Balaban J connectivity index is 2.05. The fraction of sp³-hybridized carbons (Fsp3) is 0.333. The molecule has 1 saturated carbocycles. The van der Waals surface area contributed by atoms with Gasteiger partial charge in [0.2, 0.25) is 5.91 Å². The largest absolute Gasteiger partial charge is 0.297 e. The van der Waals surface area contributed by atoms with E-state index in [1.54, 1.807) is 18.2 Å². The Kier molecular flexibility index (Phi) is 3.33. The highest BCUT2D eigenvalue weighted by Gasteiger charge is 2.29. The summed E-state index contributed by atoms with van der Waals surface area (Å²) in [5, 5.41) is 0.464. The van der Waals surface area contributed by atoms with Gasteiger partial charge in [0.25, 0.3) is 0 Å². The molecule has 90 valence electrons. The molecule has 0 atom stereocenters. The summed E-state index contributed by atoms with van der Waals surface area (Å²) in [6.45, 7) is 1.48. The molecule has 1 aliphatic rings. The summed E-state index contributed by atoms with van der Waals surface area (Å²) >= 11 is 5.95. The molecule has 2 rings (SSSR count). The van der Waals surface area contributed by atoms with Crippen LogP contribution in [0.3, 0.4) is 0 Å². The molecule has 1 fully saturated rings. The third kappa shape index (κ3) is 2.97. The average molecular weight is 253 g/mol. The van der Waals surface area contributed by atoms with E-state index in [0.717, 1.165) is 12.8 Å². The van der Waals surface area contributed by atoms with Crippen molar-refractivity contribution in [3.63, 3.8) is 0 Å². The summed E-state index contributed by atoms with van der Waals surface area (Å²) in [4.78, 5) is 22.6. The number of benzene rings is 1. The molecule has 1 aliphatic carbocycles. The van der Waals surface area contributed by atoms with Crippen molar-refractivity contribution in [3.8, 4) is 0 Å². The van der Waals surface area contributed by atoms with Gasteiger partial charge in [-0.3, -0.25) is 20.4 Å². The molecular formula is C12H13ClN2O2. The van der Waals surface area contributed by atoms with E-state index in [4.69, 9.17) is 11.6 Å². The lowest BCUT2D eigenvalue weighted by molar-refractivity contribution is -0.121. The number of ketones is 1. The topological polar surface area (TPSA) is 58.2 Å². The number of halogens is 1. The van der Waals surface area contributed by atoms with Crippen LogP contribution in [0.5, 0.6) is 0 Å². The lowest BCUT2D eigenvalue weighted by Crippen LogP contribution is -2.30. The fourth-order valence-corrected chi connectivity index (χ4v) is 1.58. The molecule has 0 aliphatic heterocycles. The second kappa shape index (κ2) is 4.75. The van der Waals surface area contributed by atoms with Crippen molar-refractivity contribution in [2.24, 2.45) is 5.92 Å². The molecule has 0 saturated heterocycles. The van der Waals surface area contributed by atoms with Gasteiger partial charge in [-0.05, 0) is 38.0 Å². The predicted molar refractivity (Wildman–Crippen MR) is 65.9 cm³/mol. The van der Waals surface area contributed by atoms with Crippen molar-refractivity contribution >= 4 is 29.0 Å². The third-order valence-corrected chi connectivity index (χ3v) is 2.97. The summed E-state index contributed by atoms with van der Waals surface area (Å²) in [7, 11) is 0. The number of anilines is 1. The Morgan fingerprint density at radius 3 is 2.65 bits per heavy atom. The van der Waals surface area contributed by atoms with Gasteiger partial charge in [0.05, 0.1) is 10.7 Å². The molecule has 0 radical (unpaired) electrons. The highest BCUT2D eigenvalue weighted by Crippen LogP contribution is 2.29. The predicted octanol–water partition coefficient (Wildman–Crippen LogP) is 2.40. The van der Waals surface area contributed by atoms with E-state index in [1.807, 2.05) is 0 Å². The highest BCUT2D eigenvalue weighted by molar-refractivity contribution is 6.33. The van der Waals surface area contributed by atoms with Crippen LogP contribution in [0.1, 0.15) is 30.1 Å². The van der Waals surface area contributed by atoms with Crippen LogP contribution in [0.15, 0.2) is 18.2 Å². The number of carbonyl (C=O) groups is 2. The van der Waals surface area contributed by atoms with E-state index < -0.39 is 0 Å². The van der Waals surface area contributed by atoms with E-state index in [9.17, 15) is 9.59 Å². The molecule has 0 spiro atoms. The van der Waals surface area contributed by atoms with Gasteiger partial charge in [0, 0.05) is 11.5 Å². The Morgan fingerprint density at radius 1 is 1.35 bits per heavy atom. The van der Waals surface area contributed by atoms with Gasteiger partial charge in [-0.25, -0.2) is 0 Å². The minimum absolute atomic E-state index is 0.0331. The first kappa shape index (κ1) is 11.9. The van der Waals surface area contributed by atoms with Crippen molar-refractivity contribution in [1.82, 2.24) is 5.43 Å². The van der Waals surface area contributed by atoms with Crippen molar-refractivity contribution < 1.29 is 9.59 Å². The van der Waals surface area contributed by atoms with E-state index in [2.05, 4.69) is 10.9 Å². The van der Waals surface area contributed by atoms with Crippen molar-refractivity contribution in [1.29, 1.82) is 0 Å². The molecule has 17 heavy (non-hydrogen) atoms. The maximum Gasteiger partial charge on any atom is 0.241 e. The lowest BCUT2D eigenvalue weighted by atomic mass is 10.1. The van der Waals surface area contributed by atoms with Gasteiger partial charge < -0.3 is 0 Å². The molecule has 1 amide bonds. The van der Waals surface area contributed by atoms with Crippen LogP contribution in [-0.4, -0.2) is 11.7 Å². The molecule has 0 bridgehead atoms. The van der Waals surface area contributed by atoms with Gasteiger partial charge in [-0.1, -0.05) is 11.6 Å². The van der Waals surface area contributed by atoms with Gasteiger partial charge in [-0.2, -0.15) is 0 Å². The van der Waals surface area contributed by atoms with Crippen LogP contribution in [0.2, 0.25) is 5.02 Å². The van der Waals surface area contributed by atoms with Crippen LogP contribution >= 0.6 is 11.6 Å². The first-order valence-electron chi connectivity index (χ1n) is 5.44. The Morgan fingerprint density at radius 2 is 2.06 bits per heavy atom. The smallest absolute Gasteiger partial charge is 0.241 e. The Labute approximate surface area is 104 Å². The van der Waals surface area contributed by atoms with Gasteiger partial charge in [-0.15, -0.1) is 0 Å². The SMILES string of the molecule is CC(=O)c1ccc(Cl)c(NNC(=O)C2CC2)c1.